The summed E-state index contributed by atoms with van der Waals surface area (Å²) < 4.78 is 36.0. The van der Waals surface area contributed by atoms with Crippen LogP contribution in [0.2, 0.25) is 0 Å². The van der Waals surface area contributed by atoms with Crippen molar-refractivity contribution >= 4 is 0 Å². The van der Waals surface area contributed by atoms with E-state index in [2.05, 4.69) is 17.0 Å². The molecule has 3 heterocycles. The highest BCUT2D eigenvalue weighted by atomic mass is 16.7. The predicted molar refractivity (Wildman–Crippen MR) is 109 cm³/mol. The Hall–Kier alpha value is -2.32. The van der Waals surface area contributed by atoms with Crippen LogP contribution in [0.4, 0.5) is 0 Å². The van der Waals surface area contributed by atoms with Gasteiger partial charge in [0, 0.05) is 18.7 Å². The van der Waals surface area contributed by atoms with E-state index in [9.17, 15) is 0 Å². The molecule has 30 heavy (non-hydrogen) atoms. The van der Waals surface area contributed by atoms with Crippen LogP contribution in [0, 0.1) is 0 Å². The fourth-order valence-corrected chi connectivity index (χ4v) is 4.23. The van der Waals surface area contributed by atoms with Crippen molar-refractivity contribution in [3.63, 3.8) is 0 Å². The fourth-order valence-electron chi connectivity index (χ4n) is 4.23. The van der Waals surface area contributed by atoms with Crippen molar-refractivity contribution in [2.45, 2.75) is 25.0 Å². The number of methoxy groups -OCH3 is 1. The number of fused-ring (bicyclic) bond motifs is 1. The van der Waals surface area contributed by atoms with Gasteiger partial charge in [0.1, 0.15) is 0 Å². The second kappa shape index (κ2) is 8.07. The first-order valence-electron chi connectivity index (χ1n) is 10.4. The van der Waals surface area contributed by atoms with Crippen LogP contribution >= 0.6 is 0 Å². The molecule has 5 rings (SSSR count). The Morgan fingerprint density at radius 2 is 1.70 bits per heavy atom. The monoisotopic (exact) mass is 413 g/mol. The van der Waals surface area contributed by atoms with E-state index in [1.165, 1.54) is 0 Å². The van der Waals surface area contributed by atoms with Crippen LogP contribution in [-0.4, -0.2) is 57.8 Å². The molecule has 0 aromatic heterocycles. The van der Waals surface area contributed by atoms with Crippen molar-refractivity contribution in [1.82, 2.24) is 4.90 Å². The number of hydrogen-bond acceptors (Lipinski definition) is 7. The van der Waals surface area contributed by atoms with E-state index in [0.717, 1.165) is 24.2 Å². The summed E-state index contributed by atoms with van der Waals surface area (Å²) in [6, 6.07) is 14.0. The molecule has 0 aliphatic carbocycles. The maximum atomic E-state index is 6.57. The third-order valence-corrected chi connectivity index (χ3v) is 5.89. The van der Waals surface area contributed by atoms with E-state index in [1.54, 1.807) is 7.11 Å². The van der Waals surface area contributed by atoms with Gasteiger partial charge in [-0.15, -0.1) is 0 Å². The van der Waals surface area contributed by atoms with Gasteiger partial charge in [-0.25, -0.2) is 0 Å². The smallest absolute Gasteiger partial charge is 0.205 e. The second-order valence-corrected chi connectivity index (χ2v) is 7.75. The number of ether oxygens (including phenoxy) is 6. The van der Waals surface area contributed by atoms with Gasteiger partial charge in [0.25, 0.3) is 0 Å². The van der Waals surface area contributed by atoms with Gasteiger partial charge in [-0.1, -0.05) is 30.3 Å². The third kappa shape index (κ3) is 3.52. The summed E-state index contributed by atoms with van der Waals surface area (Å²) in [6.45, 7) is 5.95. The molecule has 2 atom stereocenters. The molecule has 0 N–H and O–H groups in total. The molecule has 0 saturated carbocycles. The Labute approximate surface area is 176 Å². The van der Waals surface area contributed by atoms with Crippen LogP contribution in [0.15, 0.2) is 42.5 Å². The van der Waals surface area contributed by atoms with Crippen molar-refractivity contribution in [3.8, 4) is 17.2 Å². The average molecular weight is 413 g/mol. The normalized spacial score (nSPS) is 25.8. The summed E-state index contributed by atoms with van der Waals surface area (Å²) in [7, 11) is 1.63. The van der Waals surface area contributed by atoms with Crippen molar-refractivity contribution < 1.29 is 28.4 Å². The fraction of sp³-hybridized carbons (Fsp3) is 0.478. The first kappa shape index (κ1) is 19.6. The Morgan fingerprint density at radius 3 is 2.40 bits per heavy atom. The molecule has 0 amide bonds. The molecule has 7 heteroatoms. The van der Waals surface area contributed by atoms with Crippen molar-refractivity contribution in [2.75, 3.05) is 46.6 Å². The number of rotatable bonds is 4. The summed E-state index contributed by atoms with van der Waals surface area (Å²) in [5.74, 6) is 1.01. The van der Waals surface area contributed by atoms with E-state index in [1.807, 2.05) is 37.3 Å². The lowest BCUT2D eigenvalue weighted by Crippen LogP contribution is -2.51. The van der Waals surface area contributed by atoms with Crippen LogP contribution in [0.3, 0.4) is 0 Å². The molecule has 7 nitrogen and oxygen atoms in total. The Bertz CT molecular complexity index is 877. The number of benzene rings is 2. The van der Waals surface area contributed by atoms with Gasteiger partial charge in [0.05, 0.1) is 33.5 Å². The van der Waals surface area contributed by atoms with Crippen molar-refractivity contribution in [2.24, 2.45) is 0 Å². The van der Waals surface area contributed by atoms with E-state index < -0.39 is 5.79 Å². The van der Waals surface area contributed by atoms with Crippen LogP contribution in [0.25, 0.3) is 0 Å². The predicted octanol–water partition coefficient (Wildman–Crippen LogP) is 3.09. The lowest BCUT2D eigenvalue weighted by molar-refractivity contribution is -0.150. The molecule has 2 saturated heterocycles. The van der Waals surface area contributed by atoms with Gasteiger partial charge in [-0.05, 0) is 24.6 Å². The van der Waals surface area contributed by atoms with Crippen LogP contribution < -0.4 is 14.2 Å². The largest absolute Gasteiger partial charge is 0.493 e. The number of nitrogens with zero attached hydrogens (tertiary/aromatic N) is 1. The van der Waals surface area contributed by atoms with Gasteiger partial charge in [-0.2, -0.15) is 0 Å². The minimum absolute atomic E-state index is 0.280. The average Bonchev–Trinajstić information content (AvgIpc) is 3.26. The van der Waals surface area contributed by atoms with E-state index in [0.29, 0.717) is 43.7 Å². The van der Waals surface area contributed by atoms with Crippen molar-refractivity contribution in [1.29, 1.82) is 0 Å². The summed E-state index contributed by atoms with van der Waals surface area (Å²) in [4.78, 5) is 2.27. The first-order valence-corrected chi connectivity index (χ1v) is 10.4. The molecular formula is C23H27NO6. The second-order valence-electron chi connectivity index (χ2n) is 7.75. The molecule has 2 aromatic rings. The summed E-state index contributed by atoms with van der Waals surface area (Å²) in [5, 5.41) is 0. The minimum Gasteiger partial charge on any atom is -0.493 e. The van der Waals surface area contributed by atoms with Gasteiger partial charge >= 0.3 is 0 Å². The molecule has 3 aliphatic heterocycles. The van der Waals surface area contributed by atoms with Gasteiger partial charge < -0.3 is 28.4 Å². The first-order chi connectivity index (χ1) is 14.7. The lowest BCUT2D eigenvalue weighted by Gasteiger charge is -2.42. The third-order valence-electron chi connectivity index (χ3n) is 5.89. The zero-order valence-electron chi connectivity index (χ0n) is 17.3. The Morgan fingerprint density at radius 1 is 0.967 bits per heavy atom. The zero-order chi connectivity index (χ0) is 20.6. The molecule has 0 spiro atoms. The molecule has 2 aromatic carbocycles. The van der Waals surface area contributed by atoms with Crippen LogP contribution in [0.5, 0.6) is 17.2 Å². The zero-order valence-corrected chi connectivity index (χ0v) is 17.3. The standard InChI is InChI=1S/C23H27NO6/c1-23(27-12-13-28-23)17-14-18(25-2)21-19(15-17)29-20(16-6-4-3-5-7-16)22(30-21)24-8-10-26-11-9-24/h3-7,14-15,20,22H,8-13H2,1-2H3. The summed E-state index contributed by atoms with van der Waals surface area (Å²) in [5.41, 5.74) is 1.90. The highest BCUT2D eigenvalue weighted by Crippen LogP contribution is 2.49. The highest BCUT2D eigenvalue weighted by Gasteiger charge is 2.41. The van der Waals surface area contributed by atoms with E-state index in [-0.39, 0.29) is 12.3 Å². The molecule has 3 aliphatic rings. The topological polar surface area (TPSA) is 58.6 Å². The Balaban J connectivity index is 1.56. The molecular weight excluding hydrogens is 386 g/mol. The molecule has 2 fully saturated rings. The maximum absolute atomic E-state index is 6.57. The van der Waals surface area contributed by atoms with Gasteiger partial charge in [0.15, 0.2) is 29.6 Å². The molecule has 160 valence electrons. The SMILES string of the molecule is COc1cc(C2(C)OCCO2)cc2c1OC(N1CCOCC1)C(c1ccccc1)O2. The highest BCUT2D eigenvalue weighted by molar-refractivity contribution is 5.56. The Kier molecular flexibility index (Phi) is 5.28. The number of hydrogen-bond donors (Lipinski definition) is 0. The van der Waals surface area contributed by atoms with E-state index >= 15 is 0 Å². The van der Waals surface area contributed by atoms with Crippen LogP contribution in [-0.2, 0) is 20.0 Å². The van der Waals surface area contributed by atoms with Gasteiger partial charge in [-0.3, -0.25) is 4.90 Å². The van der Waals surface area contributed by atoms with Gasteiger partial charge in [0.2, 0.25) is 5.75 Å². The quantitative estimate of drug-likeness (QED) is 0.763. The molecule has 2 unspecified atom stereocenters. The summed E-state index contributed by atoms with van der Waals surface area (Å²) in [6.07, 6.45) is -0.562. The van der Waals surface area contributed by atoms with Crippen molar-refractivity contribution in [3.05, 3.63) is 53.6 Å². The van der Waals surface area contributed by atoms with Crippen LogP contribution in [0.1, 0.15) is 24.2 Å². The van der Waals surface area contributed by atoms with E-state index in [4.69, 9.17) is 28.4 Å². The minimum atomic E-state index is -0.824. The summed E-state index contributed by atoms with van der Waals surface area (Å²) >= 11 is 0. The maximum Gasteiger partial charge on any atom is 0.205 e. The molecule has 0 radical (unpaired) electrons. The number of morpholine rings is 1. The lowest BCUT2D eigenvalue weighted by atomic mass is 10.0. The molecule has 0 bridgehead atoms.